The van der Waals surface area contributed by atoms with Crippen molar-refractivity contribution < 1.29 is 29.2 Å². The molecule has 2 saturated heterocycles. The van der Waals surface area contributed by atoms with Crippen LogP contribution in [-0.2, 0) is 9.59 Å². The van der Waals surface area contributed by atoms with Crippen LogP contribution >= 0.6 is 0 Å². The van der Waals surface area contributed by atoms with Crippen molar-refractivity contribution in [3.8, 4) is 0 Å². The van der Waals surface area contributed by atoms with Crippen molar-refractivity contribution in [1.29, 1.82) is 0 Å². The van der Waals surface area contributed by atoms with Gasteiger partial charge < -0.3 is 24.2 Å². The van der Waals surface area contributed by atoms with E-state index >= 15 is 0 Å². The summed E-state index contributed by atoms with van der Waals surface area (Å²) in [5.41, 5.74) is 3.11. The normalized spacial score (nSPS) is 27.8. The van der Waals surface area contributed by atoms with Crippen LogP contribution in [0.1, 0.15) is 43.6 Å². The van der Waals surface area contributed by atoms with Gasteiger partial charge in [-0.3, -0.25) is 14.8 Å². The lowest BCUT2D eigenvalue weighted by atomic mass is 9.74. The minimum absolute atomic E-state index is 0.0167. The molecule has 34 heavy (non-hydrogen) atoms. The molecule has 0 bridgehead atoms. The third kappa shape index (κ3) is 5.05. The molecule has 3 aliphatic rings. The van der Waals surface area contributed by atoms with E-state index in [9.17, 15) is 24.7 Å². The first-order valence-electron chi connectivity index (χ1n) is 12.4. The van der Waals surface area contributed by atoms with Gasteiger partial charge in [0.15, 0.2) is 0 Å². The molecule has 9 heteroatoms. The number of carbonyl (C=O) groups excluding carboxylic acids is 3. The van der Waals surface area contributed by atoms with Crippen molar-refractivity contribution in [3.05, 3.63) is 35.9 Å². The molecule has 3 amide bonds. The van der Waals surface area contributed by atoms with Gasteiger partial charge in [-0.2, -0.15) is 0 Å². The van der Waals surface area contributed by atoms with Crippen molar-refractivity contribution >= 4 is 17.9 Å². The summed E-state index contributed by atoms with van der Waals surface area (Å²) in [5, 5.41) is 20.6. The molecule has 2 aliphatic heterocycles. The number of likely N-dealkylation sites (tertiary alicyclic amines) is 1. The number of rotatable bonds is 4. The van der Waals surface area contributed by atoms with Crippen LogP contribution in [0.15, 0.2) is 30.3 Å². The van der Waals surface area contributed by atoms with Gasteiger partial charge in [0.2, 0.25) is 11.8 Å². The van der Waals surface area contributed by atoms with Crippen LogP contribution in [0.4, 0.5) is 4.79 Å². The zero-order valence-electron chi connectivity index (χ0n) is 19.9. The smallest absolute Gasteiger partial charge is 0.247 e. The van der Waals surface area contributed by atoms with Crippen LogP contribution in [-0.4, -0.2) is 89.8 Å². The molecule has 0 radical (unpaired) electrons. The molecule has 1 aliphatic carbocycles. The predicted molar refractivity (Wildman–Crippen MR) is 122 cm³/mol. The van der Waals surface area contributed by atoms with Gasteiger partial charge in [-0.15, -0.1) is 0 Å². The molecule has 186 valence electrons. The van der Waals surface area contributed by atoms with Gasteiger partial charge in [-0.1, -0.05) is 30.3 Å². The maximum absolute atomic E-state index is 13.5. The fourth-order valence-electron chi connectivity index (χ4n) is 6.25. The predicted octanol–water partition coefficient (Wildman–Crippen LogP) is 0.788. The topological polar surface area (TPSA) is 113 Å². The number of piperazine rings is 1. The fraction of sp³-hybridized carbons (Fsp3) is 0.640. The van der Waals surface area contributed by atoms with E-state index in [2.05, 4.69) is 19.2 Å². The molecule has 1 aromatic carbocycles. The summed E-state index contributed by atoms with van der Waals surface area (Å²) in [4.78, 5) is 40.5. The number of hydroxylamine groups is 1. The van der Waals surface area contributed by atoms with Gasteiger partial charge in [0.25, 0.3) is 0 Å². The van der Waals surface area contributed by atoms with Crippen LogP contribution < -0.4 is 10.6 Å². The molecule has 9 nitrogen and oxygen atoms in total. The van der Waals surface area contributed by atoms with Gasteiger partial charge in [-0.05, 0) is 30.7 Å². The van der Waals surface area contributed by atoms with Gasteiger partial charge in [0.05, 0.1) is 51.1 Å². The van der Waals surface area contributed by atoms with Gasteiger partial charge in [0.1, 0.15) is 6.09 Å². The van der Waals surface area contributed by atoms with Gasteiger partial charge in [0, 0.05) is 25.9 Å². The second kappa shape index (κ2) is 10.3. The second-order valence-electron chi connectivity index (χ2n) is 10.3. The van der Waals surface area contributed by atoms with E-state index in [0.717, 1.165) is 19.3 Å². The summed E-state index contributed by atoms with van der Waals surface area (Å²) in [6.45, 7) is 3.47. The summed E-state index contributed by atoms with van der Waals surface area (Å²) >= 11 is 0. The van der Waals surface area contributed by atoms with Crippen LogP contribution in [0.2, 0.25) is 0 Å². The van der Waals surface area contributed by atoms with Gasteiger partial charge in [-0.25, -0.2) is 5.48 Å². The maximum Gasteiger partial charge on any atom is 0.247 e. The molecule has 1 aromatic rings. The number of likely N-dealkylation sites (N-methyl/N-ethyl adjacent to an activating group) is 1. The van der Waals surface area contributed by atoms with Crippen LogP contribution in [0.25, 0.3) is 0 Å². The number of carboxylic acid groups (broad SMARTS) is 1. The first-order chi connectivity index (χ1) is 16.3. The lowest BCUT2D eigenvalue weighted by Crippen LogP contribution is -2.65. The van der Waals surface area contributed by atoms with Crippen molar-refractivity contribution in [2.75, 3.05) is 46.3 Å². The molecule has 0 aromatic heterocycles. The standard InChI is InChI=1S/C25H36N4O5/c1-29(15-13-28(14-16-29)25(32)33)20-7-8-21(22(17-20)23(30)26-34)24(31)27-11-9-19(10-12-27)18-5-3-2-4-6-18/h2-6,19-22H,7-17H2,1H3,(H2-,26,30,32,33,34)/t20-,21+,22+/m1/s1. The third-order valence-electron chi connectivity index (χ3n) is 8.57. The highest BCUT2D eigenvalue weighted by Gasteiger charge is 2.47. The monoisotopic (exact) mass is 472 g/mol. The van der Waals surface area contributed by atoms with Crippen molar-refractivity contribution in [2.45, 2.75) is 44.1 Å². The number of hydrogen-bond donors (Lipinski definition) is 2. The summed E-state index contributed by atoms with van der Waals surface area (Å²) in [7, 11) is 2.10. The number of hydrogen-bond acceptors (Lipinski definition) is 5. The van der Waals surface area contributed by atoms with E-state index in [1.54, 1.807) is 5.48 Å². The zero-order valence-corrected chi connectivity index (χ0v) is 19.9. The van der Waals surface area contributed by atoms with Crippen LogP contribution in [0.5, 0.6) is 0 Å². The highest BCUT2D eigenvalue weighted by atomic mass is 16.5. The largest absolute Gasteiger partial charge is 0.530 e. The highest BCUT2D eigenvalue weighted by Crippen LogP contribution is 2.38. The lowest BCUT2D eigenvalue weighted by molar-refractivity contribution is -0.938. The van der Waals surface area contributed by atoms with E-state index in [0.29, 0.717) is 62.5 Å². The Morgan fingerprint density at radius 3 is 2.18 bits per heavy atom. The lowest BCUT2D eigenvalue weighted by Gasteiger charge is -2.50. The molecule has 0 unspecified atom stereocenters. The molecule has 3 fully saturated rings. The molecular formula is C25H36N4O5. The highest BCUT2D eigenvalue weighted by molar-refractivity contribution is 5.87. The number of quaternary nitrogens is 1. The molecule has 1 saturated carbocycles. The summed E-state index contributed by atoms with van der Waals surface area (Å²) in [6, 6.07) is 10.5. The molecule has 3 atom stereocenters. The first-order valence-corrected chi connectivity index (χ1v) is 12.4. The average Bonchev–Trinajstić information content (AvgIpc) is 2.88. The Labute approximate surface area is 200 Å². The number of nitrogens with one attached hydrogen (secondary N) is 1. The Morgan fingerprint density at radius 2 is 1.59 bits per heavy atom. The molecule has 0 spiro atoms. The first kappa shape index (κ1) is 24.5. The van der Waals surface area contributed by atoms with E-state index < -0.39 is 23.8 Å². The summed E-state index contributed by atoms with van der Waals surface area (Å²) < 4.78 is 0.669. The van der Waals surface area contributed by atoms with Crippen molar-refractivity contribution in [2.24, 2.45) is 11.8 Å². The Morgan fingerprint density at radius 1 is 0.941 bits per heavy atom. The van der Waals surface area contributed by atoms with E-state index in [1.165, 1.54) is 10.5 Å². The summed E-state index contributed by atoms with van der Waals surface area (Å²) in [6.07, 6.45) is 2.57. The number of nitrogens with zero attached hydrogens (tertiary/aromatic N) is 3. The maximum atomic E-state index is 13.5. The Hall–Kier alpha value is -2.65. The van der Waals surface area contributed by atoms with Crippen molar-refractivity contribution in [1.82, 2.24) is 15.3 Å². The minimum atomic E-state index is -1.14. The Balaban J connectivity index is 1.39. The zero-order chi connectivity index (χ0) is 24.3. The van der Waals surface area contributed by atoms with Crippen LogP contribution in [0, 0.1) is 11.8 Å². The van der Waals surface area contributed by atoms with Gasteiger partial charge >= 0.3 is 0 Å². The van der Waals surface area contributed by atoms with E-state index in [1.807, 2.05) is 23.1 Å². The number of benzene rings is 1. The molecule has 2 N–H and O–H groups in total. The fourth-order valence-corrected chi connectivity index (χ4v) is 6.25. The number of carbonyl (C=O) groups is 3. The third-order valence-corrected chi connectivity index (χ3v) is 8.57. The van der Waals surface area contributed by atoms with Crippen molar-refractivity contribution in [3.63, 3.8) is 0 Å². The SMILES string of the molecule is C[N+]1([C@@H]2CC[C@H](C(=O)N3CCC(c4ccccc4)CC3)[C@@H](C(=O)NO)C2)CCN(C(=O)[O-])CC1. The molecule has 4 rings (SSSR count). The number of amides is 3. The molecular weight excluding hydrogens is 436 g/mol. The quantitative estimate of drug-likeness (QED) is 0.382. The second-order valence-corrected chi connectivity index (χ2v) is 10.3. The minimum Gasteiger partial charge on any atom is -0.530 e. The Kier molecular flexibility index (Phi) is 7.42. The van der Waals surface area contributed by atoms with Crippen LogP contribution in [0.3, 0.4) is 0 Å². The average molecular weight is 473 g/mol. The number of piperidine rings is 1. The summed E-state index contributed by atoms with van der Waals surface area (Å²) in [5.74, 6) is -1.06. The van der Waals surface area contributed by atoms with E-state index in [-0.39, 0.29) is 11.9 Å². The van der Waals surface area contributed by atoms with E-state index in [4.69, 9.17) is 0 Å². The molecule has 2 heterocycles. The Bertz CT molecular complexity index is 879.